The van der Waals surface area contributed by atoms with Gasteiger partial charge in [-0.25, -0.2) is 4.79 Å². The number of benzene rings is 1. The van der Waals surface area contributed by atoms with E-state index in [1.165, 1.54) is 0 Å². The number of amides is 4. The standard InChI is InChI=1S/C20H21N3O6/c24-18(21-7-1-3-14-4-2-8-27-14)10-15-19(25)23(20(26)22-15)11-13-5-6-16-17(9-13)29-12-28-16/h2,4-6,8-9,15H,1,3,7,10-12H2,(H,21,24)(H,22,26)/t15-/m0/s1. The van der Waals surface area contributed by atoms with E-state index in [2.05, 4.69) is 10.6 Å². The van der Waals surface area contributed by atoms with Crippen molar-refractivity contribution in [2.24, 2.45) is 0 Å². The van der Waals surface area contributed by atoms with Crippen molar-refractivity contribution in [2.45, 2.75) is 31.8 Å². The van der Waals surface area contributed by atoms with E-state index >= 15 is 0 Å². The minimum Gasteiger partial charge on any atom is -0.469 e. The van der Waals surface area contributed by atoms with E-state index in [4.69, 9.17) is 13.9 Å². The van der Waals surface area contributed by atoms with Gasteiger partial charge in [0, 0.05) is 13.0 Å². The Morgan fingerprint density at radius 1 is 1.21 bits per heavy atom. The van der Waals surface area contributed by atoms with Gasteiger partial charge in [0.15, 0.2) is 11.5 Å². The van der Waals surface area contributed by atoms with Crippen molar-refractivity contribution >= 4 is 17.8 Å². The van der Waals surface area contributed by atoms with Crippen molar-refractivity contribution in [3.63, 3.8) is 0 Å². The molecular weight excluding hydrogens is 378 g/mol. The maximum atomic E-state index is 12.6. The molecule has 2 N–H and O–H groups in total. The summed E-state index contributed by atoms with van der Waals surface area (Å²) in [5.74, 6) is 1.37. The van der Waals surface area contributed by atoms with E-state index in [0.717, 1.165) is 29.1 Å². The van der Waals surface area contributed by atoms with Crippen LogP contribution in [0.3, 0.4) is 0 Å². The molecule has 3 heterocycles. The summed E-state index contributed by atoms with van der Waals surface area (Å²) >= 11 is 0. The van der Waals surface area contributed by atoms with Crippen LogP contribution in [0.5, 0.6) is 11.5 Å². The maximum absolute atomic E-state index is 12.6. The lowest BCUT2D eigenvalue weighted by Crippen LogP contribution is -2.36. The van der Waals surface area contributed by atoms with Gasteiger partial charge >= 0.3 is 6.03 Å². The highest BCUT2D eigenvalue weighted by Crippen LogP contribution is 2.33. The number of furan rings is 1. The zero-order chi connectivity index (χ0) is 20.2. The number of ether oxygens (including phenoxy) is 2. The fourth-order valence-corrected chi connectivity index (χ4v) is 3.29. The Bertz CT molecular complexity index is 911. The van der Waals surface area contributed by atoms with Gasteiger partial charge in [0.2, 0.25) is 12.7 Å². The molecule has 0 spiro atoms. The zero-order valence-electron chi connectivity index (χ0n) is 15.7. The number of rotatable bonds is 8. The average Bonchev–Trinajstić information content (AvgIpc) is 3.43. The van der Waals surface area contributed by atoms with E-state index in [1.54, 1.807) is 24.5 Å². The number of carbonyl (C=O) groups excluding carboxylic acids is 3. The quantitative estimate of drug-likeness (QED) is 0.515. The number of hydrogen-bond donors (Lipinski definition) is 2. The van der Waals surface area contributed by atoms with Crippen molar-refractivity contribution in [1.82, 2.24) is 15.5 Å². The van der Waals surface area contributed by atoms with Crippen LogP contribution in [-0.2, 0) is 22.6 Å². The van der Waals surface area contributed by atoms with Gasteiger partial charge in [-0.05, 0) is 36.2 Å². The van der Waals surface area contributed by atoms with E-state index in [0.29, 0.717) is 18.0 Å². The van der Waals surface area contributed by atoms with E-state index in [9.17, 15) is 14.4 Å². The van der Waals surface area contributed by atoms with Crippen molar-refractivity contribution in [2.75, 3.05) is 13.3 Å². The molecule has 0 unspecified atom stereocenters. The summed E-state index contributed by atoms with van der Waals surface area (Å²) in [5.41, 5.74) is 0.737. The van der Waals surface area contributed by atoms with Crippen LogP contribution in [0, 0.1) is 0 Å². The molecule has 1 atom stereocenters. The molecule has 2 aromatic rings. The highest BCUT2D eigenvalue weighted by atomic mass is 16.7. The van der Waals surface area contributed by atoms with Gasteiger partial charge in [-0.1, -0.05) is 6.07 Å². The number of urea groups is 1. The molecule has 9 heteroatoms. The van der Waals surface area contributed by atoms with Crippen LogP contribution >= 0.6 is 0 Å². The summed E-state index contributed by atoms with van der Waals surface area (Å²) in [6.45, 7) is 0.721. The van der Waals surface area contributed by atoms with Gasteiger partial charge in [0.05, 0.1) is 19.2 Å². The van der Waals surface area contributed by atoms with Crippen molar-refractivity contribution in [3.8, 4) is 11.5 Å². The van der Waals surface area contributed by atoms with Crippen LogP contribution in [-0.4, -0.2) is 42.1 Å². The molecule has 0 radical (unpaired) electrons. The molecule has 4 rings (SSSR count). The molecule has 152 valence electrons. The minimum absolute atomic E-state index is 0.0943. The number of nitrogens with zero attached hydrogens (tertiary/aromatic N) is 1. The normalized spacial score (nSPS) is 17.5. The number of fused-ring (bicyclic) bond motifs is 1. The molecular formula is C20H21N3O6. The van der Waals surface area contributed by atoms with Crippen LogP contribution in [0.4, 0.5) is 4.79 Å². The smallest absolute Gasteiger partial charge is 0.325 e. The predicted octanol–water partition coefficient (Wildman–Crippen LogP) is 1.57. The van der Waals surface area contributed by atoms with E-state index in [-0.39, 0.29) is 25.7 Å². The van der Waals surface area contributed by atoms with Crippen LogP contribution in [0.1, 0.15) is 24.2 Å². The monoisotopic (exact) mass is 399 g/mol. The molecule has 2 aliphatic rings. The molecule has 1 aromatic heterocycles. The second-order valence-corrected chi connectivity index (χ2v) is 6.85. The summed E-state index contributed by atoms with van der Waals surface area (Å²) in [6, 6.07) is 7.57. The lowest BCUT2D eigenvalue weighted by atomic mass is 10.1. The summed E-state index contributed by atoms with van der Waals surface area (Å²) in [4.78, 5) is 38.0. The Morgan fingerprint density at radius 2 is 2.07 bits per heavy atom. The molecule has 9 nitrogen and oxygen atoms in total. The fraction of sp³-hybridized carbons (Fsp3) is 0.350. The molecule has 4 amide bonds. The topological polar surface area (TPSA) is 110 Å². The lowest BCUT2D eigenvalue weighted by Gasteiger charge is -2.13. The molecule has 0 aliphatic carbocycles. The molecule has 1 aromatic carbocycles. The van der Waals surface area contributed by atoms with Gasteiger partial charge in [-0.3, -0.25) is 14.5 Å². The Kier molecular flexibility index (Phi) is 5.37. The highest BCUT2D eigenvalue weighted by Gasteiger charge is 2.39. The number of carbonyl (C=O) groups is 3. The molecule has 1 fully saturated rings. The van der Waals surface area contributed by atoms with Gasteiger partial charge in [0.25, 0.3) is 5.91 Å². The third-order valence-corrected chi connectivity index (χ3v) is 4.78. The van der Waals surface area contributed by atoms with Crippen molar-refractivity contribution < 1.29 is 28.3 Å². The second kappa shape index (κ2) is 8.26. The molecule has 29 heavy (non-hydrogen) atoms. The summed E-state index contributed by atoms with van der Waals surface area (Å²) in [7, 11) is 0. The van der Waals surface area contributed by atoms with Crippen LogP contribution in [0.25, 0.3) is 0 Å². The van der Waals surface area contributed by atoms with Crippen molar-refractivity contribution in [3.05, 3.63) is 47.9 Å². The third kappa shape index (κ3) is 4.34. The van der Waals surface area contributed by atoms with E-state index in [1.807, 2.05) is 12.1 Å². The largest absolute Gasteiger partial charge is 0.469 e. The fourth-order valence-electron chi connectivity index (χ4n) is 3.29. The maximum Gasteiger partial charge on any atom is 0.325 e. The summed E-state index contributed by atoms with van der Waals surface area (Å²) in [6.07, 6.45) is 2.96. The minimum atomic E-state index is -0.860. The Labute approximate surface area is 166 Å². The number of nitrogens with one attached hydrogen (secondary N) is 2. The van der Waals surface area contributed by atoms with Gasteiger partial charge in [-0.2, -0.15) is 0 Å². The Morgan fingerprint density at radius 3 is 2.90 bits per heavy atom. The van der Waals surface area contributed by atoms with E-state index < -0.39 is 18.0 Å². The Balaban J connectivity index is 1.25. The molecule has 2 aliphatic heterocycles. The van der Waals surface area contributed by atoms with Gasteiger partial charge < -0.3 is 24.5 Å². The number of imide groups is 1. The van der Waals surface area contributed by atoms with Gasteiger partial charge in [0.1, 0.15) is 11.8 Å². The van der Waals surface area contributed by atoms with Crippen molar-refractivity contribution in [1.29, 1.82) is 0 Å². The second-order valence-electron chi connectivity index (χ2n) is 6.85. The van der Waals surface area contributed by atoms with Gasteiger partial charge in [-0.15, -0.1) is 0 Å². The number of hydrogen-bond acceptors (Lipinski definition) is 6. The van der Waals surface area contributed by atoms with Crippen LogP contribution < -0.4 is 20.1 Å². The summed E-state index contributed by atoms with van der Waals surface area (Å²) in [5, 5.41) is 5.34. The predicted molar refractivity (Wildman–Crippen MR) is 100 cm³/mol. The Hall–Kier alpha value is -3.49. The summed E-state index contributed by atoms with van der Waals surface area (Å²) < 4.78 is 15.8. The molecule has 0 bridgehead atoms. The number of aryl methyl sites for hydroxylation is 1. The first-order valence-electron chi connectivity index (χ1n) is 9.39. The average molecular weight is 399 g/mol. The van der Waals surface area contributed by atoms with Crippen LogP contribution in [0.15, 0.2) is 41.0 Å². The first-order chi connectivity index (χ1) is 14.1. The lowest BCUT2D eigenvalue weighted by molar-refractivity contribution is -0.131. The SMILES string of the molecule is O=C(C[C@@H]1NC(=O)N(Cc2ccc3c(c2)OCO3)C1=O)NCCCc1ccco1. The first-order valence-corrected chi connectivity index (χ1v) is 9.39. The third-order valence-electron chi connectivity index (χ3n) is 4.78. The molecule has 0 saturated carbocycles. The first kappa shape index (κ1) is 18.9. The molecule has 1 saturated heterocycles. The highest BCUT2D eigenvalue weighted by molar-refractivity contribution is 6.05. The zero-order valence-corrected chi connectivity index (χ0v) is 15.7. The van der Waals surface area contributed by atoms with Crippen LogP contribution in [0.2, 0.25) is 0 Å².